The van der Waals surface area contributed by atoms with Crippen molar-refractivity contribution in [1.29, 1.82) is 0 Å². The molecule has 49 heavy (non-hydrogen) atoms. The van der Waals surface area contributed by atoms with E-state index in [1.165, 1.54) is 19.2 Å². The highest BCUT2D eigenvalue weighted by Crippen LogP contribution is 2.49. The molecule has 4 heterocycles. The van der Waals surface area contributed by atoms with E-state index in [4.69, 9.17) is 26.6 Å². The van der Waals surface area contributed by atoms with E-state index < -0.39 is 28.9 Å². The molecule has 1 aliphatic carbocycles. The van der Waals surface area contributed by atoms with Gasteiger partial charge in [-0.25, -0.2) is 13.2 Å². The molecule has 4 aromatic rings. The van der Waals surface area contributed by atoms with E-state index in [1.54, 1.807) is 18.2 Å². The highest BCUT2D eigenvalue weighted by Gasteiger charge is 2.50. The number of hydrogen-bond donors (Lipinski definition) is 2. The molecule has 4 atom stereocenters. The number of halogens is 3. The lowest BCUT2D eigenvalue weighted by atomic mass is 9.84. The minimum Gasteiger partial charge on any atom is -0.508 e. The third-order valence-electron chi connectivity index (χ3n) is 11.2. The molecule has 2 bridgehead atoms. The number of aromatic nitrogens is 2. The molecule has 4 aliphatic rings. The molecular weight excluding hydrogens is 635 g/mol. The number of phenolic OH excluding ortho intramolecular Hbond substituents is 1. The average Bonchev–Trinajstić information content (AvgIpc) is 3.70. The Morgan fingerprint density at radius 1 is 1.14 bits per heavy atom. The monoisotopic (exact) mass is 671 g/mol. The second-order valence-electron chi connectivity index (χ2n) is 13.9. The molecule has 2 unspecified atom stereocenters. The van der Waals surface area contributed by atoms with Crippen molar-refractivity contribution in [3.63, 3.8) is 0 Å². The number of ether oxygens (including phenoxy) is 2. The van der Waals surface area contributed by atoms with Gasteiger partial charge in [0.05, 0.1) is 23.6 Å². The molecule has 1 amide bonds. The van der Waals surface area contributed by atoms with E-state index in [0.29, 0.717) is 42.4 Å². The number of phenols is 1. The van der Waals surface area contributed by atoms with Crippen molar-refractivity contribution in [1.82, 2.24) is 14.9 Å². The van der Waals surface area contributed by atoms with Crippen molar-refractivity contribution < 1.29 is 32.5 Å². The van der Waals surface area contributed by atoms with Gasteiger partial charge in [0.15, 0.2) is 17.4 Å². The highest BCUT2D eigenvalue weighted by atomic mass is 19.1. The molecule has 1 aromatic heterocycles. The molecule has 3 aliphatic heterocycles. The Kier molecular flexibility index (Phi) is 7.52. The van der Waals surface area contributed by atoms with Crippen LogP contribution in [-0.4, -0.2) is 77.5 Å². The smallest absolute Gasteiger partial charge is 0.319 e. The Bertz CT molecular complexity index is 2060. The van der Waals surface area contributed by atoms with Crippen LogP contribution in [0.5, 0.6) is 17.5 Å². The van der Waals surface area contributed by atoms with Crippen molar-refractivity contribution >= 4 is 33.4 Å². The number of carbonyl (C=O) groups excluding carboxylic acids is 1. The zero-order valence-corrected chi connectivity index (χ0v) is 27.0. The van der Waals surface area contributed by atoms with Crippen LogP contribution in [0.15, 0.2) is 30.3 Å². The molecule has 9 nitrogen and oxygen atoms in total. The van der Waals surface area contributed by atoms with Gasteiger partial charge in [0.25, 0.3) is 0 Å². The van der Waals surface area contributed by atoms with Crippen molar-refractivity contribution in [2.24, 2.45) is 23.5 Å². The largest absolute Gasteiger partial charge is 0.508 e. The maximum Gasteiger partial charge on any atom is 0.319 e. The number of benzene rings is 3. The third-order valence-corrected chi connectivity index (χ3v) is 11.2. The fraction of sp³-hybridized carbons (Fsp3) is 0.432. The van der Waals surface area contributed by atoms with Gasteiger partial charge in [-0.3, -0.25) is 9.69 Å². The summed E-state index contributed by atoms with van der Waals surface area (Å²) < 4.78 is 60.5. The summed E-state index contributed by atoms with van der Waals surface area (Å²) >= 11 is 0. The van der Waals surface area contributed by atoms with Crippen molar-refractivity contribution in [2.45, 2.75) is 43.8 Å². The SMILES string of the molecule is C#Cc1cccc2cc(O)cc(-c3c(F)c(OC)c4c(N5CC6CCC(C5)C6C(N)=O)nc(OC[C@@]56CCCN5C[C@H](F)C6)nc4c3F)c12. The Labute approximate surface area is 281 Å². The van der Waals surface area contributed by atoms with Crippen LogP contribution < -0.4 is 20.1 Å². The molecular formula is C37H36F3N5O4. The van der Waals surface area contributed by atoms with Crippen molar-refractivity contribution in [3.05, 3.63) is 47.5 Å². The van der Waals surface area contributed by atoms with Crippen LogP contribution in [-0.2, 0) is 4.79 Å². The number of rotatable bonds is 7. The van der Waals surface area contributed by atoms with E-state index in [2.05, 4.69) is 15.8 Å². The number of carbonyl (C=O) groups is 1. The summed E-state index contributed by atoms with van der Waals surface area (Å²) in [5.74, 6) is -0.497. The second kappa shape index (κ2) is 11.7. The number of terminal acetylenes is 1. The Balaban J connectivity index is 1.33. The van der Waals surface area contributed by atoms with Crippen molar-refractivity contribution in [3.8, 4) is 41.0 Å². The number of alkyl halides is 1. The van der Waals surface area contributed by atoms with E-state index in [0.717, 1.165) is 32.2 Å². The second-order valence-corrected chi connectivity index (χ2v) is 13.9. The van der Waals surface area contributed by atoms with Crippen molar-refractivity contribution in [2.75, 3.05) is 44.8 Å². The van der Waals surface area contributed by atoms with E-state index in [1.807, 2.05) is 4.90 Å². The predicted octanol–water partition coefficient (Wildman–Crippen LogP) is 5.33. The first kappa shape index (κ1) is 31.5. The number of methoxy groups -OCH3 is 1. The van der Waals surface area contributed by atoms with Gasteiger partial charge in [-0.05, 0) is 67.6 Å². The maximum atomic E-state index is 17.2. The molecule has 8 rings (SSSR count). The van der Waals surface area contributed by atoms with Gasteiger partial charge in [-0.2, -0.15) is 9.97 Å². The summed E-state index contributed by atoms with van der Waals surface area (Å²) in [4.78, 5) is 25.6. The topological polar surface area (TPSA) is 114 Å². The number of aromatic hydroxyl groups is 1. The lowest BCUT2D eigenvalue weighted by Crippen LogP contribution is -2.47. The van der Waals surface area contributed by atoms with Crippen LogP contribution in [0, 0.1) is 41.7 Å². The van der Waals surface area contributed by atoms with E-state index in [9.17, 15) is 14.3 Å². The minimum atomic E-state index is -1.01. The van der Waals surface area contributed by atoms with Crippen LogP contribution in [0.2, 0.25) is 0 Å². The molecule has 1 saturated carbocycles. The number of hydrogen-bond acceptors (Lipinski definition) is 8. The minimum absolute atomic E-state index is 0.0116. The number of anilines is 1. The molecule has 12 heteroatoms. The standard InChI is InChI=1S/C37H36F3N5O4/c1-3-19-6-4-7-20-12-24(46)13-25(26(19)20)28-30(39)32-29(33(48-2)31(28)40)35(44-15-21-8-9-22(16-44)27(21)34(41)47)43-36(42-32)49-18-37-10-5-11-45(37)17-23(38)14-37/h1,4,6-7,12-13,21-23,27,46H,5,8-11,14-18H2,2H3,(H2,41,47)/t21?,22?,23-,27?,37+/m1/s1. The summed E-state index contributed by atoms with van der Waals surface area (Å²) in [5, 5.41) is 11.5. The molecule has 3 saturated heterocycles. The fourth-order valence-corrected chi connectivity index (χ4v) is 9.19. The average molecular weight is 672 g/mol. The predicted molar refractivity (Wildman–Crippen MR) is 178 cm³/mol. The van der Waals surface area contributed by atoms with Gasteiger partial charge in [0.1, 0.15) is 29.9 Å². The quantitative estimate of drug-likeness (QED) is 0.254. The van der Waals surface area contributed by atoms with E-state index >= 15 is 8.78 Å². The first-order chi connectivity index (χ1) is 23.6. The fourth-order valence-electron chi connectivity index (χ4n) is 9.19. The molecule has 3 N–H and O–H groups in total. The van der Waals surface area contributed by atoms with Crippen LogP contribution in [0.1, 0.15) is 37.7 Å². The molecule has 3 aromatic carbocycles. The van der Waals surface area contributed by atoms with Gasteiger partial charge in [0.2, 0.25) is 5.91 Å². The molecule has 0 spiro atoms. The number of nitrogens with two attached hydrogens (primary N) is 1. The number of nitrogens with zero attached hydrogens (tertiary/aromatic N) is 4. The first-order valence-electron chi connectivity index (χ1n) is 16.7. The molecule has 254 valence electrons. The number of piperidine rings is 1. The van der Waals surface area contributed by atoms with Gasteiger partial charge in [-0.15, -0.1) is 6.42 Å². The number of fused-ring (bicyclic) bond motifs is 5. The van der Waals surface area contributed by atoms with Crippen LogP contribution in [0.25, 0.3) is 32.8 Å². The summed E-state index contributed by atoms with van der Waals surface area (Å²) in [6.07, 6.45) is 8.38. The van der Waals surface area contributed by atoms with Gasteiger partial charge >= 0.3 is 6.01 Å². The lowest BCUT2D eigenvalue weighted by molar-refractivity contribution is -0.124. The maximum absolute atomic E-state index is 17.2. The summed E-state index contributed by atoms with van der Waals surface area (Å²) in [6, 6.07) is 7.65. The normalized spacial score (nSPS) is 26.3. The Hall–Kier alpha value is -4.76. The number of amides is 1. The zero-order valence-electron chi connectivity index (χ0n) is 27.0. The van der Waals surface area contributed by atoms with Crippen LogP contribution >= 0.6 is 0 Å². The number of primary amides is 1. The Morgan fingerprint density at radius 2 is 1.92 bits per heavy atom. The van der Waals surface area contributed by atoms with Gasteiger partial charge in [0, 0.05) is 48.5 Å². The zero-order chi connectivity index (χ0) is 34.2. The third kappa shape index (κ3) is 4.92. The summed E-state index contributed by atoms with van der Waals surface area (Å²) in [7, 11) is 1.28. The molecule has 0 radical (unpaired) electrons. The van der Waals surface area contributed by atoms with E-state index in [-0.39, 0.29) is 70.1 Å². The Morgan fingerprint density at radius 3 is 2.63 bits per heavy atom. The highest BCUT2D eigenvalue weighted by molar-refractivity contribution is 6.06. The summed E-state index contributed by atoms with van der Waals surface area (Å²) in [6.45, 7) is 1.96. The van der Waals surface area contributed by atoms with Crippen LogP contribution in [0.4, 0.5) is 19.0 Å². The lowest BCUT2D eigenvalue weighted by Gasteiger charge is -2.38. The first-order valence-corrected chi connectivity index (χ1v) is 16.7. The van der Waals surface area contributed by atoms with Gasteiger partial charge < -0.3 is 25.2 Å². The molecule has 4 fully saturated rings. The summed E-state index contributed by atoms with van der Waals surface area (Å²) in [5.41, 5.74) is 4.95. The van der Waals surface area contributed by atoms with Gasteiger partial charge in [-0.1, -0.05) is 18.1 Å². The van der Waals surface area contributed by atoms with Crippen LogP contribution in [0.3, 0.4) is 0 Å².